The summed E-state index contributed by atoms with van der Waals surface area (Å²) in [7, 11) is -3.31. The van der Waals surface area contributed by atoms with Gasteiger partial charge in [0.2, 0.25) is 10.0 Å². The zero-order valence-electron chi connectivity index (χ0n) is 13.5. The Bertz CT molecular complexity index is 508. The summed E-state index contributed by atoms with van der Waals surface area (Å²) in [5.41, 5.74) is -0.878. The van der Waals surface area contributed by atoms with Crippen molar-refractivity contribution in [2.45, 2.75) is 38.7 Å². The van der Waals surface area contributed by atoms with Gasteiger partial charge < -0.3 is 9.47 Å². The standard InChI is InChI=1S/C15H26N2O4S/c1-13-3-6-17(11-14(13)2)22(18,19)10-9-21-15(12-16)4-7-20-8-5-15/h13-14H,3-11H2,1-2H3. The van der Waals surface area contributed by atoms with Gasteiger partial charge in [-0.1, -0.05) is 13.8 Å². The van der Waals surface area contributed by atoms with Crippen molar-refractivity contribution in [3.8, 4) is 6.07 Å². The maximum Gasteiger partial charge on any atom is 0.216 e. The summed E-state index contributed by atoms with van der Waals surface area (Å²) in [4.78, 5) is 0. The van der Waals surface area contributed by atoms with E-state index in [2.05, 4.69) is 19.9 Å². The van der Waals surface area contributed by atoms with Crippen molar-refractivity contribution in [1.29, 1.82) is 5.26 Å². The van der Waals surface area contributed by atoms with E-state index >= 15 is 0 Å². The lowest BCUT2D eigenvalue weighted by atomic mass is 9.90. The van der Waals surface area contributed by atoms with Crippen LogP contribution in [0.1, 0.15) is 33.1 Å². The average Bonchev–Trinajstić information content (AvgIpc) is 2.50. The van der Waals surface area contributed by atoms with Gasteiger partial charge in [-0.15, -0.1) is 0 Å². The van der Waals surface area contributed by atoms with Crippen LogP contribution >= 0.6 is 0 Å². The van der Waals surface area contributed by atoms with Crippen molar-refractivity contribution >= 4 is 10.0 Å². The van der Waals surface area contributed by atoms with E-state index in [1.165, 1.54) is 0 Å². The fourth-order valence-corrected chi connectivity index (χ4v) is 4.34. The predicted octanol–water partition coefficient (Wildman–Crippen LogP) is 1.38. The van der Waals surface area contributed by atoms with Gasteiger partial charge in [0.1, 0.15) is 0 Å². The van der Waals surface area contributed by atoms with E-state index in [1.54, 1.807) is 4.31 Å². The largest absolute Gasteiger partial charge is 0.381 e. The smallest absolute Gasteiger partial charge is 0.216 e. The van der Waals surface area contributed by atoms with Gasteiger partial charge in [-0.05, 0) is 18.3 Å². The number of nitriles is 1. The highest BCUT2D eigenvalue weighted by Crippen LogP contribution is 2.26. The Kier molecular flexibility index (Phi) is 5.83. The monoisotopic (exact) mass is 330 g/mol. The minimum absolute atomic E-state index is 0.0572. The van der Waals surface area contributed by atoms with E-state index in [1.807, 2.05) is 0 Å². The van der Waals surface area contributed by atoms with Gasteiger partial charge in [0.05, 0.1) is 31.6 Å². The van der Waals surface area contributed by atoms with Crippen LogP contribution in [0.15, 0.2) is 0 Å². The molecule has 0 amide bonds. The van der Waals surface area contributed by atoms with Gasteiger partial charge in [0.25, 0.3) is 0 Å². The van der Waals surface area contributed by atoms with Crippen LogP contribution in [-0.2, 0) is 19.5 Å². The normalized spacial score (nSPS) is 29.9. The summed E-state index contributed by atoms with van der Waals surface area (Å²) in [6, 6.07) is 2.19. The van der Waals surface area contributed by atoms with E-state index in [4.69, 9.17) is 9.47 Å². The van der Waals surface area contributed by atoms with Crippen LogP contribution in [0, 0.1) is 23.2 Å². The summed E-state index contributed by atoms with van der Waals surface area (Å²) in [5, 5.41) is 9.29. The van der Waals surface area contributed by atoms with E-state index in [-0.39, 0.29) is 12.4 Å². The molecule has 2 aliphatic heterocycles. The van der Waals surface area contributed by atoms with E-state index in [9.17, 15) is 13.7 Å². The number of rotatable bonds is 5. The number of ether oxygens (including phenoxy) is 2. The molecule has 2 rings (SSSR count). The van der Waals surface area contributed by atoms with Gasteiger partial charge in [-0.2, -0.15) is 5.26 Å². The minimum atomic E-state index is -3.31. The number of piperidine rings is 1. The van der Waals surface area contributed by atoms with E-state index in [0.717, 1.165) is 6.42 Å². The highest BCUT2D eigenvalue weighted by Gasteiger charge is 2.35. The number of nitrogens with zero attached hydrogens (tertiary/aromatic N) is 2. The maximum atomic E-state index is 12.4. The molecule has 0 spiro atoms. The van der Waals surface area contributed by atoms with Crippen LogP contribution in [-0.4, -0.2) is 57.0 Å². The molecule has 2 aliphatic rings. The lowest BCUT2D eigenvalue weighted by molar-refractivity contribution is -0.0710. The zero-order chi connectivity index (χ0) is 16.2. The highest BCUT2D eigenvalue weighted by atomic mass is 32.2. The number of hydrogen-bond acceptors (Lipinski definition) is 5. The molecule has 0 saturated carbocycles. The Morgan fingerprint density at radius 3 is 2.59 bits per heavy atom. The van der Waals surface area contributed by atoms with Gasteiger partial charge in [-0.3, -0.25) is 0 Å². The van der Waals surface area contributed by atoms with Crippen LogP contribution < -0.4 is 0 Å². The topological polar surface area (TPSA) is 79.6 Å². The zero-order valence-corrected chi connectivity index (χ0v) is 14.3. The fourth-order valence-electron chi connectivity index (χ4n) is 2.94. The molecule has 2 heterocycles. The first-order chi connectivity index (χ1) is 10.4. The molecule has 0 radical (unpaired) electrons. The summed E-state index contributed by atoms with van der Waals surface area (Å²) in [5.74, 6) is 0.885. The van der Waals surface area contributed by atoms with E-state index < -0.39 is 15.6 Å². The molecule has 126 valence electrons. The minimum Gasteiger partial charge on any atom is -0.381 e. The van der Waals surface area contributed by atoms with Gasteiger partial charge in [-0.25, -0.2) is 12.7 Å². The Labute approximate surface area is 133 Å². The highest BCUT2D eigenvalue weighted by molar-refractivity contribution is 7.89. The second-order valence-corrected chi connectivity index (χ2v) is 8.57. The molecule has 0 aromatic carbocycles. The molecule has 2 atom stereocenters. The Balaban J connectivity index is 1.86. The van der Waals surface area contributed by atoms with Gasteiger partial charge in [0, 0.05) is 25.9 Å². The SMILES string of the molecule is CC1CCN(S(=O)(=O)CCOC2(C#N)CCOCC2)CC1C. The van der Waals surface area contributed by atoms with Crippen molar-refractivity contribution in [3.05, 3.63) is 0 Å². The molecule has 0 N–H and O–H groups in total. The summed E-state index contributed by atoms with van der Waals surface area (Å²) < 4.78 is 37.3. The molecular formula is C15H26N2O4S. The first kappa shape index (κ1) is 17.7. The maximum absolute atomic E-state index is 12.4. The molecule has 0 aliphatic carbocycles. The van der Waals surface area contributed by atoms with Crippen molar-refractivity contribution in [2.24, 2.45) is 11.8 Å². The molecule has 2 fully saturated rings. The van der Waals surface area contributed by atoms with Crippen molar-refractivity contribution in [1.82, 2.24) is 4.31 Å². The summed E-state index contributed by atoms with van der Waals surface area (Å²) in [6.45, 7) is 6.47. The van der Waals surface area contributed by atoms with Crippen molar-refractivity contribution in [2.75, 3.05) is 38.7 Å². The predicted molar refractivity (Wildman–Crippen MR) is 82.7 cm³/mol. The Hall–Kier alpha value is -0.680. The second kappa shape index (κ2) is 7.26. The Morgan fingerprint density at radius 1 is 1.32 bits per heavy atom. The Morgan fingerprint density at radius 2 is 2.00 bits per heavy atom. The fraction of sp³-hybridized carbons (Fsp3) is 0.933. The molecule has 2 saturated heterocycles. The van der Waals surface area contributed by atoms with Crippen LogP contribution in [0.4, 0.5) is 0 Å². The molecule has 0 bridgehead atoms. The lowest BCUT2D eigenvalue weighted by Crippen LogP contribution is -2.44. The lowest BCUT2D eigenvalue weighted by Gasteiger charge is -2.35. The molecule has 7 heteroatoms. The third kappa shape index (κ3) is 4.19. The van der Waals surface area contributed by atoms with Crippen molar-refractivity contribution in [3.63, 3.8) is 0 Å². The second-order valence-electron chi connectivity index (χ2n) is 6.48. The third-order valence-corrected chi connectivity index (χ3v) is 6.72. The average molecular weight is 330 g/mol. The van der Waals surface area contributed by atoms with Crippen LogP contribution in [0.3, 0.4) is 0 Å². The summed E-state index contributed by atoms with van der Waals surface area (Å²) >= 11 is 0. The molecule has 22 heavy (non-hydrogen) atoms. The molecule has 0 aromatic rings. The quantitative estimate of drug-likeness (QED) is 0.761. The number of hydrogen-bond donors (Lipinski definition) is 0. The van der Waals surface area contributed by atoms with Crippen LogP contribution in [0.2, 0.25) is 0 Å². The van der Waals surface area contributed by atoms with Gasteiger partial charge >= 0.3 is 0 Å². The van der Waals surface area contributed by atoms with Crippen LogP contribution in [0.5, 0.6) is 0 Å². The molecule has 6 nitrogen and oxygen atoms in total. The third-order valence-electron chi connectivity index (χ3n) is 4.91. The number of sulfonamides is 1. The van der Waals surface area contributed by atoms with Crippen LogP contribution in [0.25, 0.3) is 0 Å². The molecule has 0 aromatic heterocycles. The van der Waals surface area contributed by atoms with E-state index in [0.29, 0.717) is 51.0 Å². The first-order valence-electron chi connectivity index (χ1n) is 7.99. The first-order valence-corrected chi connectivity index (χ1v) is 9.60. The van der Waals surface area contributed by atoms with Gasteiger partial charge in [0.15, 0.2) is 5.60 Å². The molecule has 2 unspecified atom stereocenters. The van der Waals surface area contributed by atoms with Crippen molar-refractivity contribution < 1.29 is 17.9 Å². The molecular weight excluding hydrogens is 304 g/mol. The summed E-state index contributed by atoms with van der Waals surface area (Å²) in [6.07, 6.45) is 1.91.